The van der Waals surface area contributed by atoms with Crippen LogP contribution in [0.1, 0.15) is 57.2 Å². The van der Waals surface area contributed by atoms with Crippen molar-refractivity contribution in [3.8, 4) is 0 Å². The number of sulfone groups is 1. The van der Waals surface area contributed by atoms with Gasteiger partial charge in [-0.25, -0.2) is 8.42 Å². The number of morpholine rings is 1. The number of ether oxygens (including phenoxy) is 1. The second-order valence-electron chi connectivity index (χ2n) is 10.1. The molecule has 6 nitrogen and oxygen atoms in total. The lowest BCUT2D eigenvalue weighted by atomic mass is 9.97. The number of anilines is 1. The molecule has 1 aromatic carbocycles. The third kappa shape index (κ3) is 6.04. The van der Waals surface area contributed by atoms with Gasteiger partial charge in [-0.1, -0.05) is 12.1 Å². The molecule has 2 heterocycles. The Labute approximate surface area is 194 Å². The van der Waals surface area contributed by atoms with Crippen molar-refractivity contribution in [3.05, 3.63) is 28.8 Å². The molecular formula is C25H40N2O4S. The van der Waals surface area contributed by atoms with Gasteiger partial charge >= 0.3 is 0 Å². The molecule has 1 aromatic rings. The van der Waals surface area contributed by atoms with Gasteiger partial charge in [-0.2, -0.15) is 0 Å². The zero-order valence-electron chi connectivity index (χ0n) is 20.6. The number of piperidine rings is 1. The first-order chi connectivity index (χ1) is 15.0. The number of carbonyl (C=O) groups is 1. The molecule has 3 rings (SSSR count). The molecule has 2 fully saturated rings. The van der Waals surface area contributed by atoms with Crippen LogP contribution in [0.4, 0.5) is 5.69 Å². The van der Waals surface area contributed by atoms with Crippen LogP contribution in [0.3, 0.4) is 0 Å². The lowest BCUT2D eigenvalue weighted by Crippen LogP contribution is -2.46. The quantitative estimate of drug-likeness (QED) is 0.644. The average molecular weight is 465 g/mol. The number of nitrogens with zero attached hydrogens (tertiary/aromatic N) is 2. The van der Waals surface area contributed by atoms with Crippen LogP contribution in [0.2, 0.25) is 0 Å². The summed E-state index contributed by atoms with van der Waals surface area (Å²) in [5.74, 6) is 0.537. The van der Waals surface area contributed by atoms with Crippen LogP contribution in [0.15, 0.2) is 12.1 Å². The van der Waals surface area contributed by atoms with Crippen molar-refractivity contribution in [3.63, 3.8) is 0 Å². The molecule has 1 amide bonds. The molecule has 0 spiro atoms. The maximum absolute atomic E-state index is 12.9. The number of rotatable bonds is 6. The van der Waals surface area contributed by atoms with E-state index in [-0.39, 0.29) is 35.0 Å². The van der Waals surface area contributed by atoms with Crippen LogP contribution >= 0.6 is 0 Å². The van der Waals surface area contributed by atoms with Crippen LogP contribution in [-0.4, -0.2) is 68.6 Å². The SMILES string of the molecule is Cc1cc(CC(=O)N2CCC(CS(=O)(=O)C(C)C)CC2)cc(C)c1N1C[C@@H](C)O[C@@H](C)C1. The van der Waals surface area contributed by atoms with Crippen molar-refractivity contribution >= 4 is 21.4 Å². The summed E-state index contributed by atoms with van der Waals surface area (Å²) in [6, 6.07) is 4.29. The zero-order chi connectivity index (χ0) is 23.6. The van der Waals surface area contributed by atoms with Crippen molar-refractivity contribution < 1.29 is 17.9 Å². The first kappa shape index (κ1) is 25.0. The lowest BCUT2D eigenvalue weighted by Gasteiger charge is -2.38. The Kier molecular flexibility index (Phi) is 7.92. The Hall–Kier alpha value is -1.60. The molecule has 2 aliphatic rings. The molecule has 2 aliphatic heterocycles. The fraction of sp³-hybridized carbons (Fsp3) is 0.720. The van der Waals surface area contributed by atoms with Crippen molar-refractivity contribution in [2.45, 2.75) is 78.3 Å². The molecule has 2 atom stereocenters. The van der Waals surface area contributed by atoms with Gasteiger partial charge in [0.05, 0.1) is 29.6 Å². The summed E-state index contributed by atoms with van der Waals surface area (Å²) < 4.78 is 30.3. The predicted octanol–water partition coefficient (Wildman–Crippen LogP) is 3.52. The van der Waals surface area contributed by atoms with Crippen LogP contribution < -0.4 is 4.90 Å². The van der Waals surface area contributed by atoms with Gasteiger partial charge in [-0.05, 0) is 77.0 Å². The molecule has 0 bridgehead atoms. The van der Waals surface area contributed by atoms with Gasteiger partial charge in [-0.15, -0.1) is 0 Å². The summed E-state index contributed by atoms with van der Waals surface area (Å²) in [4.78, 5) is 17.3. The summed E-state index contributed by atoms with van der Waals surface area (Å²) in [7, 11) is -3.03. The normalized spacial score (nSPS) is 23.1. The van der Waals surface area contributed by atoms with E-state index in [1.165, 1.54) is 16.8 Å². The Morgan fingerprint density at radius 2 is 1.59 bits per heavy atom. The number of aryl methyl sites for hydroxylation is 2. The summed E-state index contributed by atoms with van der Waals surface area (Å²) in [5.41, 5.74) is 4.71. The van der Waals surface area contributed by atoms with Gasteiger partial charge in [0, 0.05) is 31.9 Å². The van der Waals surface area contributed by atoms with E-state index in [0.29, 0.717) is 19.5 Å². The molecule has 2 saturated heterocycles. The highest BCUT2D eigenvalue weighted by Gasteiger charge is 2.29. The van der Waals surface area contributed by atoms with Gasteiger partial charge in [0.15, 0.2) is 9.84 Å². The van der Waals surface area contributed by atoms with E-state index < -0.39 is 9.84 Å². The Bertz CT molecular complexity index is 887. The summed E-state index contributed by atoms with van der Waals surface area (Å²) >= 11 is 0. The van der Waals surface area contributed by atoms with Gasteiger partial charge in [0.25, 0.3) is 0 Å². The molecular weight excluding hydrogens is 424 g/mol. The summed E-state index contributed by atoms with van der Waals surface area (Å²) in [6.07, 6.45) is 2.34. The third-order valence-electron chi connectivity index (χ3n) is 6.80. The van der Waals surface area contributed by atoms with Crippen LogP contribution in [0.25, 0.3) is 0 Å². The molecule has 0 N–H and O–H groups in total. The number of hydrogen-bond acceptors (Lipinski definition) is 5. The van der Waals surface area contributed by atoms with Gasteiger partial charge < -0.3 is 14.5 Å². The maximum atomic E-state index is 12.9. The minimum absolute atomic E-state index is 0.135. The van der Waals surface area contributed by atoms with Crippen LogP contribution in [0, 0.1) is 19.8 Å². The van der Waals surface area contributed by atoms with Crippen molar-refractivity contribution in [1.82, 2.24) is 4.90 Å². The van der Waals surface area contributed by atoms with Crippen molar-refractivity contribution in [1.29, 1.82) is 0 Å². The molecule has 7 heteroatoms. The average Bonchev–Trinajstić information content (AvgIpc) is 2.66. The first-order valence-electron chi connectivity index (χ1n) is 12.0. The first-order valence-corrected chi connectivity index (χ1v) is 13.7. The van der Waals surface area contributed by atoms with E-state index in [9.17, 15) is 13.2 Å². The number of benzene rings is 1. The largest absolute Gasteiger partial charge is 0.372 e. The highest BCUT2D eigenvalue weighted by Crippen LogP contribution is 2.30. The molecule has 0 radical (unpaired) electrons. The number of likely N-dealkylation sites (tertiary alicyclic amines) is 1. The van der Waals surface area contributed by atoms with Crippen LogP contribution in [-0.2, 0) is 25.8 Å². The fourth-order valence-electron chi connectivity index (χ4n) is 5.16. The Balaban J connectivity index is 1.60. The Morgan fingerprint density at radius 3 is 2.09 bits per heavy atom. The number of hydrogen-bond donors (Lipinski definition) is 0. The van der Waals surface area contributed by atoms with Gasteiger partial charge in [0.2, 0.25) is 5.91 Å². The minimum atomic E-state index is -3.03. The maximum Gasteiger partial charge on any atom is 0.226 e. The molecule has 0 unspecified atom stereocenters. The number of amides is 1. The highest BCUT2D eigenvalue weighted by molar-refractivity contribution is 7.91. The smallest absolute Gasteiger partial charge is 0.226 e. The third-order valence-corrected chi connectivity index (χ3v) is 9.17. The zero-order valence-corrected chi connectivity index (χ0v) is 21.4. The summed E-state index contributed by atoms with van der Waals surface area (Å²) in [6.45, 7) is 15.0. The molecule has 180 valence electrons. The van der Waals surface area contributed by atoms with E-state index >= 15 is 0 Å². The van der Waals surface area contributed by atoms with Crippen LogP contribution in [0.5, 0.6) is 0 Å². The number of carbonyl (C=O) groups excluding carboxylic acids is 1. The lowest BCUT2D eigenvalue weighted by molar-refractivity contribution is -0.131. The molecule has 32 heavy (non-hydrogen) atoms. The van der Waals surface area contributed by atoms with E-state index in [2.05, 4.69) is 44.7 Å². The molecule has 0 saturated carbocycles. The van der Waals surface area contributed by atoms with E-state index in [0.717, 1.165) is 31.5 Å². The highest BCUT2D eigenvalue weighted by atomic mass is 32.2. The molecule has 0 aliphatic carbocycles. The fourth-order valence-corrected chi connectivity index (χ4v) is 6.54. The topological polar surface area (TPSA) is 66.9 Å². The van der Waals surface area contributed by atoms with Crippen molar-refractivity contribution in [2.75, 3.05) is 36.8 Å². The predicted molar refractivity (Wildman–Crippen MR) is 130 cm³/mol. The van der Waals surface area contributed by atoms with E-state index in [1.807, 2.05) is 4.90 Å². The van der Waals surface area contributed by atoms with Gasteiger partial charge in [0.1, 0.15) is 0 Å². The van der Waals surface area contributed by atoms with E-state index in [4.69, 9.17) is 4.74 Å². The van der Waals surface area contributed by atoms with Gasteiger partial charge in [-0.3, -0.25) is 4.79 Å². The second-order valence-corrected chi connectivity index (χ2v) is 12.7. The standard InChI is InChI=1S/C25H40N2O4S/c1-17(2)32(29,30)16-22-7-9-26(10-8-22)24(28)13-23-11-18(3)25(19(4)12-23)27-14-20(5)31-21(6)15-27/h11-12,17,20-22H,7-10,13-16H2,1-6H3/t20-,21+. The molecule has 0 aromatic heterocycles. The second kappa shape index (κ2) is 10.1. The minimum Gasteiger partial charge on any atom is -0.372 e. The summed E-state index contributed by atoms with van der Waals surface area (Å²) in [5, 5.41) is -0.333. The van der Waals surface area contributed by atoms with E-state index in [1.54, 1.807) is 13.8 Å². The van der Waals surface area contributed by atoms with Crippen molar-refractivity contribution in [2.24, 2.45) is 5.92 Å². The Morgan fingerprint density at radius 1 is 1.06 bits per heavy atom. The monoisotopic (exact) mass is 464 g/mol.